The monoisotopic (exact) mass is 220 g/mol. The lowest BCUT2D eigenvalue weighted by atomic mass is 10.0. The average Bonchev–Trinajstić information content (AvgIpc) is 2.36. The van der Waals surface area contributed by atoms with Gasteiger partial charge in [-0.3, -0.25) is 0 Å². The Balaban J connectivity index is 2.36. The molecule has 1 aromatic carbocycles. The summed E-state index contributed by atoms with van der Waals surface area (Å²) in [5.74, 6) is 0.935. The van der Waals surface area contributed by atoms with Crippen molar-refractivity contribution < 1.29 is 4.74 Å². The molecule has 0 saturated carbocycles. The molecule has 1 aliphatic rings. The molecule has 88 valence electrons. The van der Waals surface area contributed by atoms with Crippen LogP contribution in [0.3, 0.4) is 0 Å². The average molecular weight is 220 g/mol. The maximum absolute atomic E-state index is 5.63. The number of nitrogens with one attached hydrogen (secondary N) is 2. The van der Waals surface area contributed by atoms with Gasteiger partial charge in [0.25, 0.3) is 0 Å². The summed E-state index contributed by atoms with van der Waals surface area (Å²) in [5.41, 5.74) is 2.35. The third-order valence-corrected chi connectivity index (χ3v) is 2.85. The number of rotatable bonds is 2. The highest BCUT2D eigenvalue weighted by atomic mass is 16.5. The molecule has 2 N–H and O–H groups in total. The van der Waals surface area contributed by atoms with E-state index in [1.807, 2.05) is 19.1 Å². The van der Waals surface area contributed by atoms with Crippen LogP contribution in [-0.2, 0) is 0 Å². The highest BCUT2D eigenvalue weighted by Crippen LogP contribution is 2.36. The van der Waals surface area contributed by atoms with Crippen molar-refractivity contribution in [2.45, 2.75) is 32.7 Å². The second-order valence-electron chi connectivity index (χ2n) is 4.80. The molecule has 3 nitrogen and oxygen atoms in total. The van der Waals surface area contributed by atoms with E-state index in [0.717, 1.165) is 30.1 Å². The number of fused-ring (bicyclic) bond motifs is 1. The Morgan fingerprint density at radius 2 is 2.19 bits per heavy atom. The number of anilines is 2. The minimum atomic E-state index is 0.128. The van der Waals surface area contributed by atoms with Gasteiger partial charge in [0.15, 0.2) is 0 Å². The van der Waals surface area contributed by atoms with Gasteiger partial charge in [-0.25, -0.2) is 0 Å². The summed E-state index contributed by atoms with van der Waals surface area (Å²) in [6, 6.07) is 6.13. The molecule has 0 radical (unpaired) electrons. The number of hydrogen-bond donors (Lipinski definition) is 2. The summed E-state index contributed by atoms with van der Waals surface area (Å²) in [6.07, 6.45) is 1.09. The predicted molar refractivity (Wildman–Crippen MR) is 68.4 cm³/mol. The van der Waals surface area contributed by atoms with Crippen molar-refractivity contribution in [1.82, 2.24) is 0 Å². The summed E-state index contributed by atoms with van der Waals surface area (Å²) in [7, 11) is 0. The quantitative estimate of drug-likeness (QED) is 0.803. The van der Waals surface area contributed by atoms with Crippen molar-refractivity contribution in [2.24, 2.45) is 0 Å². The maximum atomic E-state index is 5.63. The summed E-state index contributed by atoms with van der Waals surface area (Å²) in [4.78, 5) is 0. The Morgan fingerprint density at radius 3 is 2.94 bits per heavy atom. The van der Waals surface area contributed by atoms with E-state index in [2.05, 4.69) is 30.5 Å². The zero-order valence-electron chi connectivity index (χ0n) is 10.3. The van der Waals surface area contributed by atoms with Gasteiger partial charge in [-0.2, -0.15) is 0 Å². The molecule has 0 amide bonds. The Bertz CT molecular complexity index is 374. The Labute approximate surface area is 97.2 Å². The number of benzene rings is 1. The maximum Gasteiger partial charge on any atom is 0.144 e. The molecular formula is C13H20N2O. The summed E-state index contributed by atoms with van der Waals surface area (Å²) >= 11 is 0. The molecule has 1 aliphatic heterocycles. The molecule has 16 heavy (non-hydrogen) atoms. The van der Waals surface area contributed by atoms with Crippen LogP contribution in [0.25, 0.3) is 0 Å². The van der Waals surface area contributed by atoms with Gasteiger partial charge in [0.2, 0.25) is 0 Å². The van der Waals surface area contributed by atoms with Crippen molar-refractivity contribution in [2.75, 3.05) is 23.8 Å². The van der Waals surface area contributed by atoms with Crippen LogP contribution in [0.5, 0.6) is 5.75 Å². The van der Waals surface area contributed by atoms with Crippen molar-refractivity contribution in [3.8, 4) is 5.75 Å². The molecule has 3 heteroatoms. The molecule has 0 aromatic heterocycles. The van der Waals surface area contributed by atoms with E-state index < -0.39 is 0 Å². The Hall–Kier alpha value is -1.38. The summed E-state index contributed by atoms with van der Waals surface area (Å²) < 4.78 is 5.63. The minimum absolute atomic E-state index is 0.128. The third kappa shape index (κ3) is 2.23. The van der Waals surface area contributed by atoms with Crippen molar-refractivity contribution in [3.63, 3.8) is 0 Å². The van der Waals surface area contributed by atoms with Gasteiger partial charge in [0.05, 0.1) is 12.3 Å². The Morgan fingerprint density at radius 1 is 1.38 bits per heavy atom. The second-order valence-corrected chi connectivity index (χ2v) is 4.80. The fourth-order valence-electron chi connectivity index (χ4n) is 2.02. The number of hydrogen-bond acceptors (Lipinski definition) is 3. The first-order chi connectivity index (χ1) is 7.62. The lowest BCUT2D eigenvalue weighted by molar-refractivity contribution is 0.342. The molecule has 0 unspecified atom stereocenters. The van der Waals surface area contributed by atoms with E-state index in [-0.39, 0.29) is 5.54 Å². The highest BCUT2D eigenvalue weighted by Gasteiger charge is 2.23. The fraction of sp³-hybridized carbons (Fsp3) is 0.538. The van der Waals surface area contributed by atoms with Crippen LogP contribution in [0.2, 0.25) is 0 Å². The molecule has 2 rings (SSSR count). The van der Waals surface area contributed by atoms with E-state index in [9.17, 15) is 0 Å². The van der Waals surface area contributed by atoms with Crippen LogP contribution in [-0.4, -0.2) is 18.7 Å². The van der Waals surface area contributed by atoms with Gasteiger partial charge >= 0.3 is 0 Å². The second kappa shape index (κ2) is 4.24. The Kier molecular flexibility index (Phi) is 2.95. The summed E-state index contributed by atoms with van der Waals surface area (Å²) in [6.45, 7) is 8.11. The topological polar surface area (TPSA) is 33.3 Å². The van der Waals surface area contributed by atoms with Crippen molar-refractivity contribution in [1.29, 1.82) is 0 Å². The van der Waals surface area contributed by atoms with E-state index in [1.165, 1.54) is 0 Å². The van der Waals surface area contributed by atoms with E-state index in [4.69, 9.17) is 4.74 Å². The standard InChI is InChI=1S/C13H20N2O/c1-4-16-11-7-5-6-10-12(11)14-9-8-13(2,3)15-10/h5-7,14-15H,4,8-9H2,1-3H3. The lowest BCUT2D eigenvalue weighted by Gasteiger charge is -2.25. The molecule has 0 bridgehead atoms. The van der Waals surface area contributed by atoms with Crippen LogP contribution < -0.4 is 15.4 Å². The fourth-order valence-corrected chi connectivity index (χ4v) is 2.02. The number of ether oxygens (including phenoxy) is 1. The van der Waals surface area contributed by atoms with Gasteiger partial charge in [0, 0.05) is 12.1 Å². The molecule has 0 atom stereocenters. The van der Waals surface area contributed by atoms with Gasteiger partial charge in [0.1, 0.15) is 11.4 Å². The largest absolute Gasteiger partial charge is 0.492 e. The van der Waals surface area contributed by atoms with Gasteiger partial charge in [-0.15, -0.1) is 0 Å². The molecule has 0 saturated heterocycles. The summed E-state index contributed by atoms with van der Waals surface area (Å²) in [5, 5.41) is 7.00. The first-order valence-electron chi connectivity index (χ1n) is 5.90. The van der Waals surface area contributed by atoms with Crippen LogP contribution in [0.1, 0.15) is 27.2 Å². The van der Waals surface area contributed by atoms with Crippen LogP contribution in [0.15, 0.2) is 18.2 Å². The number of para-hydroxylation sites is 1. The third-order valence-electron chi connectivity index (χ3n) is 2.85. The molecule has 0 aliphatic carbocycles. The van der Waals surface area contributed by atoms with Gasteiger partial charge in [-0.05, 0) is 39.3 Å². The molecular weight excluding hydrogens is 200 g/mol. The highest BCUT2D eigenvalue weighted by molar-refractivity contribution is 5.76. The zero-order chi connectivity index (χ0) is 11.6. The van der Waals surface area contributed by atoms with Crippen molar-refractivity contribution in [3.05, 3.63) is 18.2 Å². The van der Waals surface area contributed by atoms with Crippen LogP contribution in [0.4, 0.5) is 11.4 Å². The van der Waals surface area contributed by atoms with Gasteiger partial charge < -0.3 is 15.4 Å². The smallest absolute Gasteiger partial charge is 0.144 e. The van der Waals surface area contributed by atoms with Crippen LogP contribution in [0, 0.1) is 0 Å². The first kappa shape index (κ1) is 11.1. The SMILES string of the molecule is CCOc1cccc2c1NCCC(C)(C)N2. The molecule has 0 fully saturated rings. The molecule has 1 aromatic rings. The zero-order valence-corrected chi connectivity index (χ0v) is 10.3. The normalized spacial score (nSPS) is 17.7. The van der Waals surface area contributed by atoms with E-state index in [1.54, 1.807) is 0 Å². The molecule has 1 heterocycles. The van der Waals surface area contributed by atoms with E-state index in [0.29, 0.717) is 6.61 Å². The lowest BCUT2D eigenvalue weighted by Crippen LogP contribution is -2.30. The van der Waals surface area contributed by atoms with E-state index >= 15 is 0 Å². The molecule has 0 spiro atoms. The van der Waals surface area contributed by atoms with Crippen molar-refractivity contribution >= 4 is 11.4 Å². The predicted octanol–water partition coefficient (Wildman–Crippen LogP) is 3.09. The minimum Gasteiger partial charge on any atom is -0.492 e. The van der Waals surface area contributed by atoms with Gasteiger partial charge in [-0.1, -0.05) is 6.07 Å². The first-order valence-corrected chi connectivity index (χ1v) is 5.90. The van der Waals surface area contributed by atoms with Crippen LogP contribution >= 0.6 is 0 Å².